The first-order valence-electron chi connectivity index (χ1n) is 9.68. The van der Waals surface area contributed by atoms with Gasteiger partial charge in [0, 0.05) is 30.2 Å². The first kappa shape index (κ1) is 19.9. The van der Waals surface area contributed by atoms with E-state index in [9.17, 15) is 14.7 Å². The van der Waals surface area contributed by atoms with Crippen molar-refractivity contribution in [1.29, 1.82) is 0 Å². The Balaban J connectivity index is 2.11. The number of ether oxygens (including phenoxy) is 2. The summed E-state index contributed by atoms with van der Waals surface area (Å²) in [6, 6.07) is 0. The maximum atomic E-state index is 12.5. The standard InChI is InChI=1S/C21H30O6/c1-11(2)19(23)27-18-17-12(3)10-25-16(17)9-21(24)8-7-15(26-14(5)22)13(4)20(18,21)6/h10-11,13,15,18,24H,7-9H2,1-6H3/t13-,15-,18+,20-,21-/m0/s1. The largest absolute Gasteiger partial charge is 0.469 e. The van der Waals surface area contributed by atoms with Crippen LogP contribution in [-0.4, -0.2) is 28.8 Å². The zero-order valence-electron chi connectivity index (χ0n) is 17.0. The third-order valence-corrected chi connectivity index (χ3v) is 6.73. The predicted octanol–water partition coefficient (Wildman–Crippen LogP) is 3.48. The minimum absolute atomic E-state index is 0.201. The molecule has 0 spiro atoms. The third-order valence-electron chi connectivity index (χ3n) is 6.73. The van der Waals surface area contributed by atoms with Gasteiger partial charge in [-0.2, -0.15) is 0 Å². The monoisotopic (exact) mass is 378 g/mol. The summed E-state index contributed by atoms with van der Waals surface area (Å²) in [5.41, 5.74) is -0.178. The van der Waals surface area contributed by atoms with Crippen molar-refractivity contribution in [3.05, 3.63) is 23.2 Å². The summed E-state index contributed by atoms with van der Waals surface area (Å²) in [4.78, 5) is 24.1. The normalized spacial score (nSPS) is 35.3. The van der Waals surface area contributed by atoms with E-state index in [1.54, 1.807) is 20.1 Å². The fraction of sp³-hybridized carbons (Fsp3) is 0.714. The number of furan rings is 1. The Morgan fingerprint density at radius 1 is 1.33 bits per heavy atom. The van der Waals surface area contributed by atoms with Gasteiger partial charge in [0.1, 0.15) is 18.0 Å². The van der Waals surface area contributed by atoms with Gasteiger partial charge in [-0.1, -0.05) is 27.7 Å². The highest BCUT2D eigenvalue weighted by Gasteiger charge is 2.65. The van der Waals surface area contributed by atoms with Crippen LogP contribution in [0, 0.1) is 24.2 Å². The van der Waals surface area contributed by atoms with Crippen LogP contribution < -0.4 is 0 Å². The van der Waals surface area contributed by atoms with Crippen molar-refractivity contribution in [2.45, 2.75) is 78.6 Å². The summed E-state index contributed by atoms with van der Waals surface area (Å²) >= 11 is 0. The Kier molecular flexibility index (Phi) is 4.91. The van der Waals surface area contributed by atoms with E-state index in [2.05, 4.69) is 0 Å². The van der Waals surface area contributed by atoms with E-state index in [1.807, 2.05) is 20.8 Å². The first-order chi connectivity index (χ1) is 12.5. The summed E-state index contributed by atoms with van der Waals surface area (Å²) < 4.78 is 17.2. The quantitative estimate of drug-likeness (QED) is 0.811. The molecular formula is C21H30O6. The second kappa shape index (κ2) is 6.66. The number of fused-ring (bicyclic) bond motifs is 2. The Labute approximate surface area is 160 Å². The van der Waals surface area contributed by atoms with Crippen molar-refractivity contribution in [2.24, 2.45) is 17.3 Å². The van der Waals surface area contributed by atoms with E-state index < -0.39 is 17.1 Å². The Morgan fingerprint density at radius 3 is 2.59 bits per heavy atom. The molecule has 1 heterocycles. The van der Waals surface area contributed by atoms with Gasteiger partial charge in [0.2, 0.25) is 0 Å². The topological polar surface area (TPSA) is 86.0 Å². The minimum Gasteiger partial charge on any atom is -0.469 e. The predicted molar refractivity (Wildman–Crippen MR) is 97.8 cm³/mol. The summed E-state index contributed by atoms with van der Waals surface area (Å²) in [6.45, 7) is 10.8. The summed E-state index contributed by atoms with van der Waals surface area (Å²) in [7, 11) is 0. The lowest BCUT2D eigenvalue weighted by molar-refractivity contribution is -0.236. The Morgan fingerprint density at radius 2 is 2.00 bits per heavy atom. The lowest BCUT2D eigenvalue weighted by atomic mass is 9.51. The van der Waals surface area contributed by atoms with Gasteiger partial charge in [0.15, 0.2) is 0 Å². The minimum atomic E-state index is -1.11. The van der Waals surface area contributed by atoms with Crippen molar-refractivity contribution in [3.63, 3.8) is 0 Å². The summed E-state index contributed by atoms with van der Waals surface area (Å²) in [6.07, 6.45) is 2.03. The second-order valence-electron chi connectivity index (χ2n) is 8.69. The van der Waals surface area contributed by atoms with Crippen molar-refractivity contribution in [3.8, 4) is 0 Å². The second-order valence-corrected chi connectivity index (χ2v) is 8.69. The van der Waals surface area contributed by atoms with Crippen LogP contribution in [0.25, 0.3) is 0 Å². The van der Waals surface area contributed by atoms with Crippen molar-refractivity contribution in [2.75, 3.05) is 0 Å². The molecule has 0 amide bonds. The van der Waals surface area contributed by atoms with Gasteiger partial charge < -0.3 is 19.0 Å². The smallest absolute Gasteiger partial charge is 0.309 e. The molecular weight excluding hydrogens is 348 g/mol. The van der Waals surface area contributed by atoms with Crippen molar-refractivity contribution in [1.82, 2.24) is 0 Å². The van der Waals surface area contributed by atoms with Gasteiger partial charge in [-0.3, -0.25) is 9.59 Å². The first-order valence-corrected chi connectivity index (χ1v) is 9.68. The molecule has 2 aliphatic carbocycles. The van der Waals surface area contributed by atoms with Crippen LogP contribution >= 0.6 is 0 Å². The highest BCUT2D eigenvalue weighted by molar-refractivity contribution is 5.72. The van der Waals surface area contributed by atoms with Crippen LogP contribution in [0.1, 0.15) is 70.5 Å². The summed E-state index contributed by atoms with van der Waals surface area (Å²) in [5.74, 6) is -0.478. The SMILES string of the molecule is CC(=O)O[C@H]1CC[C@]2(O)Cc3occ(C)c3[C@@H](OC(=O)C(C)C)[C@]2(C)[C@H]1C. The average Bonchev–Trinajstić information content (AvgIpc) is 2.93. The zero-order chi connectivity index (χ0) is 20.1. The molecule has 1 saturated carbocycles. The Hall–Kier alpha value is -1.82. The molecule has 0 aliphatic heterocycles. The number of hydrogen-bond acceptors (Lipinski definition) is 6. The van der Waals surface area contributed by atoms with E-state index in [0.29, 0.717) is 25.0 Å². The lowest BCUT2D eigenvalue weighted by Gasteiger charge is -2.59. The van der Waals surface area contributed by atoms with Gasteiger partial charge in [-0.05, 0) is 25.3 Å². The number of rotatable bonds is 3. The van der Waals surface area contributed by atoms with Crippen LogP contribution in [0.15, 0.2) is 10.7 Å². The fourth-order valence-electron chi connectivity index (χ4n) is 4.84. The lowest BCUT2D eigenvalue weighted by Crippen LogP contribution is -2.63. The van der Waals surface area contributed by atoms with Crippen molar-refractivity contribution < 1.29 is 28.6 Å². The number of aryl methyl sites for hydroxylation is 1. The molecule has 6 nitrogen and oxygen atoms in total. The van der Waals surface area contributed by atoms with Gasteiger partial charge in [-0.25, -0.2) is 0 Å². The van der Waals surface area contributed by atoms with Gasteiger partial charge >= 0.3 is 11.9 Å². The van der Waals surface area contributed by atoms with Gasteiger partial charge in [0.25, 0.3) is 0 Å². The molecule has 1 fully saturated rings. The molecule has 1 aromatic heterocycles. The molecule has 1 aromatic rings. The summed E-state index contributed by atoms with van der Waals surface area (Å²) in [5, 5.41) is 11.7. The molecule has 6 heteroatoms. The highest BCUT2D eigenvalue weighted by Crippen LogP contribution is 2.61. The maximum absolute atomic E-state index is 12.5. The molecule has 5 atom stereocenters. The highest BCUT2D eigenvalue weighted by atomic mass is 16.6. The number of carbonyl (C=O) groups excluding carboxylic acids is 2. The number of carbonyl (C=O) groups is 2. The van der Waals surface area contributed by atoms with E-state index in [1.165, 1.54) is 6.92 Å². The van der Waals surface area contributed by atoms with Crippen LogP contribution in [0.5, 0.6) is 0 Å². The van der Waals surface area contributed by atoms with Crippen molar-refractivity contribution >= 4 is 11.9 Å². The zero-order valence-corrected chi connectivity index (χ0v) is 17.0. The van der Waals surface area contributed by atoms with E-state index in [0.717, 1.165) is 11.1 Å². The van der Waals surface area contributed by atoms with Gasteiger partial charge in [-0.15, -0.1) is 0 Å². The van der Waals surface area contributed by atoms with Gasteiger partial charge in [0.05, 0.1) is 17.8 Å². The van der Waals surface area contributed by atoms with E-state index in [4.69, 9.17) is 13.9 Å². The molecule has 0 radical (unpaired) electrons. The molecule has 3 rings (SSSR count). The third kappa shape index (κ3) is 2.98. The number of hydrogen-bond donors (Lipinski definition) is 1. The molecule has 0 aromatic carbocycles. The number of esters is 2. The molecule has 150 valence electrons. The molecule has 0 unspecified atom stereocenters. The van der Waals surface area contributed by atoms with Crippen LogP contribution in [-0.2, 0) is 25.5 Å². The molecule has 27 heavy (non-hydrogen) atoms. The molecule has 1 N–H and O–H groups in total. The van der Waals surface area contributed by atoms with Crippen LogP contribution in [0.3, 0.4) is 0 Å². The van der Waals surface area contributed by atoms with Crippen LogP contribution in [0.4, 0.5) is 0 Å². The number of aliphatic hydroxyl groups is 1. The Bertz CT molecular complexity index is 750. The maximum Gasteiger partial charge on any atom is 0.309 e. The molecule has 2 aliphatic rings. The average molecular weight is 378 g/mol. The molecule has 0 bridgehead atoms. The fourth-order valence-corrected chi connectivity index (χ4v) is 4.84. The van der Waals surface area contributed by atoms with E-state index >= 15 is 0 Å². The molecule has 0 saturated heterocycles. The van der Waals surface area contributed by atoms with Crippen LogP contribution in [0.2, 0.25) is 0 Å². The van der Waals surface area contributed by atoms with E-state index in [-0.39, 0.29) is 29.9 Å².